The first-order valence-electron chi connectivity index (χ1n) is 7.08. The van der Waals surface area contributed by atoms with Crippen molar-refractivity contribution in [3.8, 4) is 0 Å². The summed E-state index contributed by atoms with van der Waals surface area (Å²) in [5, 5.41) is 12.0. The lowest BCUT2D eigenvalue weighted by atomic mass is 9.93. The Hall–Kier alpha value is -1.10. The van der Waals surface area contributed by atoms with Gasteiger partial charge in [-0.1, -0.05) is 13.3 Å². The highest BCUT2D eigenvalue weighted by atomic mass is 16.4. The van der Waals surface area contributed by atoms with Gasteiger partial charge in [-0.05, 0) is 45.4 Å². The number of amides is 1. The second kappa shape index (κ2) is 6.37. The Labute approximate surface area is 114 Å². The van der Waals surface area contributed by atoms with Crippen LogP contribution in [0, 0.1) is 11.8 Å². The van der Waals surface area contributed by atoms with Gasteiger partial charge in [-0.25, -0.2) is 4.79 Å². The molecule has 0 aliphatic heterocycles. The minimum Gasteiger partial charge on any atom is -0.480 e. The van der Waals surface area contributed by atoms with Gasteiger partial charge >= 0.3 is 5.97 Å². The molecule has 4 N–H and O–H groups in total. The van der Waals surface area contributed by atoms with E-state index in [4.69, 9.17) is 5.73 Å². The van der Waals surface area contributed by atoms with Crippen molar-refractivity contribution in [2.24, 2.45) is 17.6 Å². The molecule has 1 amide bonds. The summed E-state index contributed by atoms with van der Waals surface area (Å²) in [5.74, 6) is -1.20. The molecule has 0 heterocycles. The summed E-state index contributed by atoms with van der Waals surface area (Å²) in [5.41, 5.74) is 4.56. The van der Waals surface area contributed by atoms with Crippen LogP contribution in [-0.4, -0.2) is 28.6 Å². The largest absolute Gasteiger partial charge is 0.480 e. The summed E-state index contributed by atoms with van der Waals surface area (Å²) >= 11 is 0. The lowest BCUT2D eigenvalue weighted by Gasteiger charge is -2.27. The minimum atomic E-state index is -1.10. The fraction of sp³-hybridized carbons (Fsp3) is 0.857. The van der Waals surface area contributed by atoms with Crippen molar-refractivity contribution in [2.75, 3.05) is 0 Å². The molecule has 1 aliphatic carbocycles. The van der Waals surface area contributed by atoms with Gasteiger partial charge in [-0.2, -0.15) is 0 Å². The first-order chi connectivity index (χ1) is 8.77. The number of nitrogens with one attached hydrogen (secondary N) is 1. The summed E-state index contributed by atoms with van der Waals surface area (Å²) in [6.45, 7) is 5.39. The molecular weight excluding hydrogens is 244 g/mol. The summed E-state index contributed by atoms with van der Waals surface area (Å²) in [6.07, 6.45) is 4.27. The van der Waals surface area contributed by atoms with Gasteiger partial charge in [0.05, 0.1) is 0 Å². The number of carboxylic acids is 1. The van der Waals surface area contributed by atoms with Crippen molar-refractivity contribution >= 4 is 11.9 Å². The van der Waals surface area contributed by atoms with Gasteiger partial charge in [-0.3, -0.25) is 4.79 Å². The van der Waals surface area contributed by atoms with Gasteiger partial charge < -0.3 is 16.2 Å². The van der Waals surface area contributed by atoms with E-state index < -0.39 is 11.5 Å². The van der Waals surface area contributed by atoms with Crippen molar-refractivity contribution in [1.82, 2.24) is 5.32 Å². The van der Waals surface area contributed by atoms with Crippen molar-refractivity contribution in [2.45, 2.75) is 64.5 Å². The Morgan fingerprint density at radius 1 is 1.37 bits per heavy atom. The fourth-order valence-corrected chi connectivity index (χ4v) is 2.25. The summed E-state index contributed by atoms with van der Waals surface area (Å²) in [4.78, 5) is 23.4. The van der Waals surface area contributed by atoms with E-state index in [0.29, 0.717) is 0 Å². The van der Waals surface area contributed by atoms with Gasteiger partial charge in [0.1, 0.15) is 5.54 Å². The van der Waals surface area contributed by atoms with E-state index in [-0.39, 0.29) is 23.8 Å². The smallest absolute Gasteiger partial charge is 0.329 e. The molecule has 5 heteroatoms. The van der Waals surface area contributed by atoms with Gasteiger partial charge in [-0.15, -0.1) is 0 Å². The zero-order valence-corrected chi connectivity index (χ0v) is 12.1. The molecule has 3 atom stereocenters. The number of hydrogen-bond acceptors (Lipinski definition) is 3. The molecule has 0 bridgehead atoms. The van der Waals surface area contributed by atoms with Crippen molar-refractivity contribution in [3.05, 3.63) is 0 Å². The van der Waals surface area contributed by atoms with Gasteiger partial charge in [0.2, 0.25) is 5.91 Å². The van der Waals surface area contributed by atoms with Gasteiger partial charge in [0, 0.05) is 12.0 Å². The molecule has 1 fully saturated rings. The molecule has 110 valence electrons. The van der Waals surface area contributed by atoms with E-state index in [1.165, 1.54) is 0 Å². The Morgan fingerprint density at radius 3 is 2.37 bits per heavy atom. The fourth-order valence-electron chi connectivity index (χ4n) is 2.25. The maximum atomic E-state index is 12.1. The highest BCUT2D eigenvalue weighted by Gasteiger charge is 2.48. The van der Waals surface area contributed by atoms with Crippen LogP contribution in [0.1, 0.15) is 52.9 Å². The molecule has 1 saturated carbocycles. The van der Waals surface area contributed by atoms with Crippen LogP contribution in [0.5, 0.6) is 0 Å². The van der Waals surface area contributed by atoms with Crippen LogP contribution in [-0.2, 0) is 9.59 Å². The second-order valence-corrected chi connectivity index (χ2v) is 6.08. The highest BCUT2D eigenvalue weighted by molar-refractivity contribution is 5.88. The first-order valence-corrected chi connectivity index (χ1v) is 7.08. The Balaban J connectivity index is 2.46. The zero-order valence-electron chi connectivity index (χ0n) is 12.1. The average Bonchev–Trinajstić information content (AvgIpc) is 3.11. The average molecular weight is 270 g/mol. The molecule has 3 unspecified atom stereocenters. The van der Waals surface area contributed by atoms with Crippen LogP contribution in [0.2, 0.25) is 0 Å². The summed E-state index contributed by atoms with van der Waals surface area (Å²) in [7, 11) is 0. The molecule has 0 saturated heterocycles. The van der Waals surface area contributed by atoms with E-state index in [9.17, 15) is 14.7 Å². The number of carbonyl (C=O) groups is 2. The molecule has 0 aromatic heterocycles. The van der Waals surface area contributed by atoms with Crippen LogP contribution in [0.15, 0.2) is 0 Å². The number of carboxylic acid groups (broad SMARTS) is 1. The van der Waals surface area contributed by atoms with Gasteiger partial charge in [0.25, 0.3) is 0 Å². The SMILES string of the molecule is CC(N)CCCC(C)C(=O)NC(C)(C(=O)O)C1CC1. The van der Waals surface area contributed by atoms with E-state index in [1.807, 2.05) is 13.8 Å². The van der Waals surface area contributed by atoms with Crippen LogP contribution in [0.3, 0.4) is 0 Å². The summed E-state index contributed by atoms with van der Waals surface area (Å²) in [6, 6.07) is 0.144. The third-order valence-electron chi connectivity index (χ3n) is 3.97. The van der Waals surface area contributed by atoms with Crippen LogP contribution >= 0.6 is 0 Å². The molecule has 5 nitrogen and oxygen atoms in total. The third-order valence-corrected chi connectivity index (χ3v) is 3.97. The van der Waals surface area contributed by atoms with Crippen molar-refractivity contribution in [3.63, 3.8) is 0 Å². The Kier molecular flexibility index (Phi) is 5.35. The first kappa shape index (κ1) is 16.0. The molecule has 0 aromatic carbocycles. The molecule has 0 radical (unpaired) electrons. The minimum absolute atomic E-state index is 0.0743. The topological polar surface area (TPSA) is 92.4 Å². The van der Waals surface area contributed by atoms with Gasteiger partial charge in [0.15, 0.2) is 0 Å². The van der Waals surface area contributed by atoms with Crippen LogP contribution in [0.4, 0.5) is 0 Å². The van der Waals surface area contributed by atoms with E-state index in [2.05, 4.69) is 5.32 Å². The Morgan fingerprint density at radius 2 is 1.95 bits per heavy atom. The summed E-state index contributed by atoms with van der Waals surface area (Å²) < 4.78 is 0. The highest BCUT2D eigenvalue weighted by Crippen LogP contribution is 2.39. The quantitative estimate of drug-likeness (QED) is 0.623. The Bertz CT molecular complexity index is 340. The zero-order chi connectivity index (χ0) is 14.6. The lowest BCUT2D eigenvalue weighted by molar-refractivity contribution is -0.148. The molecular formula is C14H26N2O3. The van der Waals surface area contributed by atoms with E-state index in [0.717, 1.165) is 32.1 Å². The second-order valence-electron chi connectivity index (χ2n) is 6.08. The predicted molar refractivity (Wildman–Crippen MR) is 73.6 cm³/mol. The third kappa shape index (κ3) is 4.49. The standard InChI is InChI=1S/C14H26N2O3/c1-9(5-4-6-10(2)15)12(17)16-14(3,13(18)19)11-7-8-11/h9-11H,4-8,15H2,1-3H3,(H,16,17)(H,18,19). The maximum absolute atomic E-state index is 12.1. The van der Waals surface area contributed by atoms with E-state index in [1.54, 1.807) is 6.92 Å². The number of rotatable bonds is 8. The number of aliphatic carboxylic acids is 1. The van der Waals surface area contributed by atoms with Crippen LogP contribution in [0.25, 0.3) is 0 Å². The molecule has 0 spiro atoms. The molecule has 1 rings (SSSR count). The molecule has 19 heavy (non-hydrogen) atoms. The van der Waals surface area contributed by atoms with Crippen LogP contribution < -0.4 is 11.1 Å². The number of hydrogen-bond donors (Lipinski definition) is 3. The number of carbonyl (C=O) groups excluding carboxylic acids is 1. The maximum Gasteiger partial charge on any atom is 0.329 e. The van der Waals surface area contributed by atoms with Crippen molar-refractivity contribution < 1.29 is 14.7 Å². The normalized spacial score (nSPS) is 21.3. The monoisotopic (exact) mass is 270 g/mol. The predicted octanol–water partition coefficient (Wildman–Crippen LogP) is 1.51. The number of nitrogens with two attached hydrogens (primary N) is 1. The molecule has 1 aliphatic rings. The lowest BCUT2D eigenvalue weighted by Crippen LogP contribution is -2.55. The molecule has 0 aromatic rings. The van der Waals surface area contributed by atoms with E-state index >= 15 is 0 Å². The van der Waals surface area contributed by atoms with Crippen molar-refractivity contribution in [1.29, 1.82) is 0 Å².